The fraction of sp³-hybridized carbons (Fsp3) is 0.160. The van der Waals surface area contributed by atoms with Crippen molar-refractivity contribution in [2.45, 2.75) is 25.5 Å². The number of hydrogen-bond donors (Lipinski definition) is 1. The van der Waals surface area contributed by atoms with Crippen LogP contribution >= 0.6 is 11.8 Å². The zero-order valence-corrected chi connectivity index (χ0v) is 18.6. The van der Waals surface area contributed by atoms with Gasteiger partial charge in [-0.1, -0.05) is 42.1 Å². The Morgan fingerprint density at radius 1 is 1.03 bits per heavy atom. The van der Waals surface area contributed by atoms with E-state index in [9.17, 15) is 14.0 Å². The number of nitrogens with zero attached hydrogens (tertiary/aromatic N) is 2. The van der Waals surface area contributed by atoms with Crippen LogP contribution in [0.5, 0.6) is 0 Å². The van der Waals surface area contributed by atoms with Crippen LogP contribution < -0.4 is 10.9 Å². The predicted octanol–water partition coefficient (Wildman–Crippen LogP) is 4.55. The average Bonchev–Trinajstić information content (AvgIpc) is 2.79. The third-order valence-corrected chi connectivity index (χ3v) is 6.17. The van der Waals surface area contributed by atoms with E-state index in [4.69, 9.17) is 0 Å². The van der Waals surface area contributed by atoms with Gasteiger partial charge in [0.15, 0.2) is 5.16 Å². The molecule has 0 fully saturated rings. The number of rotatable bonds is 6. The largest absolute Gasteiger partial charge is 0.351 e. The monoisotopic (exact) mass is 447 g/mol. The van der Waals surface area contributed by atoms with E-state index >= 15 is 0 Å². The maximum atomic E-state index is 13.3. The summed E-state index contributed by atoms with van der Waals surface area (Å²) in [7, 11) is 0. The lowest BCUT2D eigenvalue weighted by Gasteiger charge is -2.14. The number of amides is 1. The first-order chi connectivity index (χ1) is 15.4. The molecule has 0 aliphatic carbocycles. The summed E-state index contributed by atoms with van der Waals surface area (Å²) >= 11 is 1.21. The molecule has 0 aliphatic rings. The first kappa shape index (κ1) is 21.8. The first-order valence-electron chi connectivity index (χ1n) is 10.2. The number of benzene rings is 3. The lowest BCUT2D eigenvalue weighted by Crippen LogP contribution is -2.26. The molecule has 0 aliphatic heterocycles. The van der Waals surface area contributed by atoms with E-state index < -0.39 is 0 Å². The SMILES string of the molecule is Cc1ccc(-n2c(SCC(=O)NCc3ccc(F)cc3)nc3ccccc3c2=O)cc1C. The van der Waals surface area contributed by atoms with Crippen LogP contribution in [0.1, 0.15) is 16.7 Å². The van der Waals surface area contributed by atoms with Gasteiger partial charge in [-0.2, -0.15) is 0 Å². The van der Waals surface area contributed by atoms with Crippen LogP contribution in [-0.4, -0.2) is 21.2 Å². The van der Waals surface area contributed by atoms with Crippen molar-refractivity contribution < 1.29 is 9.18 Å². The third-order valence-electron chi connectivity index (χ3n) is 5.23. The number of nitrogens with one attached hydrogen (secondary N) is 1. The molecular formula is C25H22FN3O2S. The van der Waals surface area contributed by atoms with E-state index in [0.717, 1.165) is 16.7 Å². The Labute approximate surface area is 189 Å². The molecule has 0 radical (unpaired) electrons. The lowest BCUT2D eigenvalue weighted by molar-refractivity contribution is -0.118. The van der Waals surface area contributed by atoms with E-state index in [2.05, 4.69) is 10.3 Å². The van der Waals surface area contributed by atoms with E-state index in [1.54, 1.807) is 28.8 Å². The zero-order chi connectivity index (χ0) is 22.7. The van der Waals surface area contributed by atoms with Gasteiger partial charge < -0.3 is 5.32 Å². The molecule has 0 unspecified atom stereocenters. The topological polar surface area (TPSA) is 64.0 Å². The predicted molar refractivity (Wildman–Crippen MR) is 126 cm³/mol. The second-order valence-electron chi connectivity index (χ2n) is 7.51. The van der Waals surface area contributed by atoms with Gasteiger partial charge in [0, 0.05) is 6.54 Å². The summed E-state index contributed by atoms with van der Waals surface area (Å²) < 4.78 is 14.6. The molecule has 0 bridgehead atoms. The highest BCUT2D eigenvalue weighted by Gasteiger charge is 2.15. The van der Waals surface area contributed by atoms with E-state index in [1.165, 1.54) is 23.9 Å². The normalized spacial score (nSPS) is 11.0. The summed E-state index contributed by atoms with van der Waals surface area (Å²) in [5, 5.41) is 3.80. The number of aryl methyl sites for hydroxylation is 2. The molecule has 1 N–H and O–H groups in total. The maximum absolute atomic E-state index is 13.3. The minimum absolute atomic E-state index is 0.0941. The van der Waals surface area contributed by atoms with Gasteiger partial charge >= 0.3 is 0 Å². The van der Waals surface area contributed by atoms with Gasteiger partial charge in [0.2, 0.25) is 5.91 Å². The van der Waals surface area contributed by atoms with Gasteiger partial charge in [-0.25, -0.2) is 9.37 Å². The van der Waals surface area contributed by atoms with Crippen molar-refractivity contribution >= 4 is 28.6 Å². The Kier molecular flexibility index (Phi) is 6.37. The molecule has 0 saturated heterocycles. The summed E-state index contributed by atoms with van der Waals surface area (Å²) in [5.74, 6) is -0.424. The lowest BCUT2D eigenvalue weighted by atomic mass is 10.1. The van der Waals surface area contributed by atoms with Crippen molar-refractivity contribution in [3.63, 3.8) is 0 Å². The molecule has 32 heavy (non-hydrogen) atoms. The van der Waals surface area contributed by atoms with Gasteiger partial charge in [0.25, 0.3) is 5.56 Å². The minimum atomic E-state index is -0.317. The Morgan fingerprint density at radius 3 is 2.53 bits per heavy atom. The Hall–Kier alpha value is -3.45. The molecule has 7 heteroatoms. The number of hydrogen-bond acceptors (Lipinski definition) is 4. The highest BCUT2D eigenvalue weighted by Crippen LogP contribution is 2.22. The molecule has 5 nitrogen and oxygen atoms in total. The molecule has 0 saturated carbocycles. The number of aromatic nitrogens is 2. The van der Waals surface area contributed by atoms with Crippen molar-refractivity contribution in [3.8, 4) is 5.69 Å². The fourth-order valence-electron chi connectivity index (χ4n) is 3.29. The van der Waals surface area contributed by atoms with Crippen molar-refractivity contribution in [3.05, 3.63) is 99.6 Å². The van der Waals surface area contributed by atoms with Crippen molar-refractivity contribution in [2.75, 3.05) is 5.75 Å². The van der Waals surface area contributed by atoms with Crippen LogP contribution in [0.25, 0.3) is 16.6 Å². The molecule has 0 spiro atoms. The summed E-state index contributed by atoms with van der Waals surface area (Å²) in [6.07, 6.45) is 0. The van der Waals surface area contributed by atoms with Gasteiger partial charge in [-0.3, -0.25) is 14.2 Å². The van der Waals surface area contributed by atoms with Crippen LogP contribution in [0.15, 0.2) is 76.7 Å². The minimum Gasteiger partial charge on any atom is -0.351 e. The van der Waals surface area contributed by atoms with Crippen LogP contribution in [0.3, 0.4) is 0 Å². The molecular weight excluding hydrogens is 425 g/mol. The maximum Gasteiger partial charge on any atom is 0.266 e. The number of thioether (sulfide) groups is 1. The van der Waals surface area contributed by atoms with Gasteiger partial charge in [-0.15, -0.1) is 0 Å². The average molecular weight is 448 g/mol. The highest BCUT2D eigenvalue weighted by atomic mass is 32.2. The van der Waals surface area contributed by atoms with Gasteiger partial charge in [0.1, 0.15) is 5.82 Å². The molecule has 3 aromatic carbocycles. The Bertz CT molecular complexity index is 1350. The van der Waals surface area contributed by atoms with E-state index in [0.29, 0.717) is 28.3 Å². The number of carbonyl (C=O) groups excluding carboxylic acids is 1. The summed E-state index contributed by atoms with van der Waals surface area (Å²) in [5.41, 5.74) is 4.13. The van der Waals surface area contributed by atoms with Crippen LogP contribution in [0.4, 0.5) is 4.39 Å². The van der Waals surface area contributed by atoms with E-state index in [-0.39, 0.29) is 23.0 Å². The molecule has 4 aromatic rings. The number of para-hydroxylation sites is 1. The van der Waals surface area contributed by atoms with E-state index in [1.807, 2.05) is 44.2 Å². The van der Waals surface area contributed by atoms with Crippen LogP contribution in [0.2, 0.25) is 0 Å². The summed E-state index contributed by atoms with van der Waals surface area (Å²) in [6, 6.07) is 19.0. The molecule has 1 heterocycles. The molecule has 1 amide bonds. The third kappa shape index (κ3) is 4.73. The quantitative estimate of drug-likeness (QED) is 0.348. The number of carbonyl (C=O) groups is 1. The molecule has 162 valence electrons. The Balaban J connectivity index is 1.60. The number of fused-ring (bicyclic) bond motifs is 1. The first-order valence-corrected chi connectivity index (χ1v) is 11.1. The van der Waals surface area contributed by atoms with Crippen LogP contribution in [0, 0.1) is 19.7 Å². The van der Waals surface area contributed by atoms with Crippen molar-refractivity contribution in [1.82, 2.24) is 14.9 Å². The fourth-order valence-corrected chi connectivity index (χ4v) is 4.13. The van der Waals surface area contributed by atoms with Gasteiger partial charge in [0.05, 0.1) is 22.3 Å². The molecule has 1 aromatic heterocycles. The Morgan fingerprint density at radius 2 is 1.78 bits per heavy atom. The number of halogens is 1. The summed E-state index contributed by atoms with van der Waals surface area (Å²) in [6.45, 7) is 4.31. The second kappa shape index (κ2) is 9.36. The smallest absolute Gasteiger partial charge is 0.266 e. The van der Waals surface area contributed by atoms with Crippen molar-refractivity contribution in [1.29, 1.82) is 0 Å². The highest BCUT2D eigenvalue weighted by molar-refractivity contribution is 7.99. The van der Waals surface area contributed by atoms with Gasteiger partial charge in [-0.05, 0) is 66.9 Å². The van der Waals surface area contributed by atoms with Crippen LogP contribution in [-0.2, 0) is 11.3 Å². The molecule has 0 atom stereocenters. The van der Waals surface area contributed by atoms with Crippen molar-refractivity contribution in [2.24, 2.45) is 0 Å². The second-order valence-corrected chi connectivity index (χ2v) is 8.46. The standard InChI is InChI=1S/C25H22FN3O2S/c1-16-7-12-20(13-17(16)2)29-24(31)21-5-3-4-6-22(21)28-25(29)32-15-23(30)27-14-18-8-10-19(26)11-9-18/h3-13H,14-15H2,1-2H3,(H,27,30). The molecule has 4 rings (SSSR count). The zero-order valence-electron chi connectivity index (χ0n) is 17.8. The summed E-state index contributed by atoms with van der Waals surface area (Å²) in [4.78, 5) is 30.4.